The maximum absolute atomic E-state index is 12.9. The van der Waals surface area contributed by atoms with Crippen molar-refractivity contribution in [3.05, 3.63) is 58.1 Å². The maximum atomic E-state index is 12.9. The quantitative estimate of drug-likeness (QED) is 0.592. The van der Waals surface area contributed by atoms with Crippen LogP contribution in [0.2, 0.25) is 0 Å². The van der Waals surface area contributed by atoms with E-state index in [4.69, 9.17) is 0 Å². The number of imide groups is 2. The molecule has 32 heavy (non-hydrogen) atoms. The van der Waals surface area contributed by atoms with Crippen LogP contribution >= 0.6 is 11.3 Å². The molecule has 0 aliphatic carbocycles. The Hall–Kier alpha value is -3.92. The van der Waals surface area contributed by atoms with Crippen LogP contribution in [0.4, 0.5) is 5.69 Å². The lowest BCUT2D eigenvalue weighted by Gasteiger charge is -2.27. The molecule has 0 bridgehead atoms. The van der Waals surface area contributed by atoms with Crippen molar-refractivity contribution in [3.8, 4) is 0 Å². The van der Waals surface area contributed by atoms with Gasteiger partial charge in [-0.1, -0.05) is 0 Å². The molecule has 9 nitrogen and oxygen atoms in total. The lowest BCUT2D eigenvalue weighted by atomic mass is 10.0. The Labute approximate surface area is 185 Å². The number of nitrogens with zero attached hydrogens (tertiary/aromatic N) is 2. The first-order valence-electron chi connectivity index (χ1n) is 9.86. The van der Waals surface area contributed by atoms with Crippen LogP contribution in [0.25, 0.3) is 10.2 Å². The van der Waals surface area contributed by atoms with Crippen LogP contribution in [-0.4, -0.2) is 45.5 Å². The Kier molecular flexibility index (Phi) is 4.59. The highest BCUT2D eigenvalue weighted by molar-refractivity contribution is 7.18. The van der Waals surface area contributed by atoms with Gasteiger partial charge in [-0.2, -0.15) is 0 Å². The molecule has 5 rings (SSSR count). The Balaban J connectivity index is 1.39. The predicted molar refractivity (Wildman–Crippen MR) is 115 cm³/mol. The zero-order chi connectivity index (χ0) is 22.6. The van der Waals surface area contributed by atoms with Gasteiger partial charge in [0.15, 0.2) is 0 Å². The fourth-order valence-corrected chi connectivity index (χ4v) is 4.74. The van der Waals surface area contributed by atoms with Crippen molar-refractivity contribution in [1.82, 2.24) is 15.2 Å². The Morgan fingerprint density at radius 3 is 2.66 bits per heavy atom. The van der Waals surface area contributed by atoms with E-state index in [9.17, 15) is 24.0 Å². The zero-order valence-electron chi connectivity index (χ0n) is 16.8. The molecule has 5 amide bonds. The molecular weight excluding hydrogens is 432 g/mol. The fourth-order valence-electron chi connectivity index (χ4n) is 3.94. The number of fused-ring (bicyclic) bond motifs is 2. The van der Waals surface area contributed by atoms with Gasteiger partial charge in [-0.3, -0.25) is 34.2 Å². The van der Waals surface area contributed by atoms with Gasteiger partial charge in [0.25, 0.3) is 17.7 Å². The van der Waals surface area contributed by atoms with Gasteiger partial charge in [0.2, 0.25) is 11.8 Å². The van der Waals surface area contributed by atoms with E-state index in [-0.39, 0.29) is 29.5 Å². The minimum Gasteiger partial charge on any atom is -0.322 e. The molecule has 2 aliphatic heterocycles. The number of aromatic nitrogens is 1. The third kappa shape index (κ3) is 3.25. The topological polar surface area (TPSA) is 126 Å². The molecule has 1 fully saturated rings. The van der Waals surface area contributed by atoms with Gasteiger partial charge >= 0.3 is 0 Å². The van der Waals surface area contributed by atoms with Crippen molar-refractivity contribution in [2.45, 2.75) is 25.8 Å². The predicted octanol–water partition coefficient (Wildman–Crippen LogP) is 2.26. The fraction of sp³-hybridized carbons (Fsp3) is 0.182. The molecule has 0 saturated carbocycles. The van der Waals surface area contributed by atoms with Crippen LogP contribution in [-0.2, 0) is 9.59 Å². The molecule has 3 heterocycles. The third-order valence-electron chi connectivity index (χ3n) is 5.45. The number of rotatable bonds is 3. The van der Waals surface area contributed by atoms with E-state index < -0.39 is 35.6 Å². The molecule has 3 aromatic rings. The number of amides is 5. The van der Waals surface area contributed by atoms with Crippen molar-refractivity contribution in [1.29, 1.82) is 0 Å². The van der Waals surface area contributed by atoms with Crippen LogP contribution in [0.15, 0.2) is 36.4 Å². The van der Waals surface area contributed by atoms with Crippen LogP contribution in [0.1, 0.15) is 48.9 Å². The standard InChI is InChI=1S/C22H16N4O5S/c1-10-23-15-9-12(3-6-17(15)32-10)24-19(28)11-2-4-13-14(8-11)22(31)26(21(13)30)16-5-7-18(27)25-20(16)29/h2-4,6,8-9,16H,5,7H2,1H3,(H,24,28)(H,25,27,29). The molecule has 2 aliphatic rings. The summed E-state index contributed by atoms with van der Waals surface area (Å²) in [6.45, 7) is 1.91. The van der Waals surface area contributed by atoms with Crippen LogP contribution in [0, 0.1) is 6.92 Å². The molecule has 10 heteroatoms. The molecule has 1 saturated heterocycles. The summed E-state index contributed by atoms with van der Waals surface area (Å²) in [6, 6.07) is 8.57. The highest BCUT2D eigenvalue weighted by Crippen LogP contribution is 2.29. The molecule has 160 valence electrons. The molecule has 2 aromatic carbocycles. The number of benzene rings is 2. The van der Waals surface area contributed by atoms with Crippen molar-refractivity contribution >= 4 is 56.8 Å². The normalized spacial score (nSPS) is 18.2. The summed E-state index contributed by atoms with van der Waals surface area (Å²) in [5.74, 6) is -2.84. The summed E-state index contributed by atoms with van der Waals surface area (Å²) in [7, 11) is 0. The molecule has 1 aromatic heterocycles. The smallest absolute Gasteiger partial charge is 0.262 e. The second kappa shape index (κ2) is 7.34. The number of thiazole rings is 1. The van der Waals surface area contributed by atoms with Gasteiger partial charge in [0, 0.05) is 17.7 Å². The van der Waals surface area contributed by atoms with Gasteiger partial charge in [-0.05, 0) is 49.7 Å². The summed E-state index contributed by atoms with van der Waals surface area (Å²) < 4.78 is 1.01. The van der Waals surface area contributed by atoms with E-state index in [0.717, 1.165) is 20.1 Å². The minimum absolute atomic E-state index is 0.0420. The summed E-state index contributed by atoms with van der Waals surface area (Å²) in [5.41, 5.74) is 1.71. The molecule has 0 radical (unpaired) electrons. The Morgan fingerprint density at radius 2 is 1.88 bits per heavy atom. The maximum Gasteiger partial charge on any atom is 0.262 e. The first-order valence-corrected chi connectivity index (χ1v) is 10.7. The van der Waals surface area contributed by atoms with Crippen LogP contribution < -0.4 is 10.6 Å². The van der Waals surface area contributed by atoms with E-state index in [1.54, 1.807) is 23.5 Å². The van der Waals surface area contributed by atoms with E-state index in [2.05, 4.69) is 15.6 Å². The Bertz CT molecular complexity index is 1360. The molecule has 1 unspecified atom stereocenters. The SMILES string of the molecule is Cc1nc2cc(NC(=O)c3ccc4c(c3)C(=O)N(C3CCC(=O)NC3=O)C4=O)ccc2s1. The summed E-state index contributed by atoms with van der Waals surface area (Å²) >= 11 is 1.56. The lowest BCUT2D eigenvalue weighted by molar-refractivity contribution is -0.136. The Morgan fingerprint density at radius 1 is 1.09 bits per heavy atom. The van der Waals surface area contributed by atoms with Crippen molar-refractivity contribution in [3.63, 3.8) is 0 Å². The number of aryl methyl sites for hydroxylation is 1. The number of carbonyl (C=O) groups is 5. The van der Waals surface area contributed by atoms with E-state index in [1.807, 2.05) is 13.0 Å². The number of nitrogens with one attached hydrogen (secondary N) is 2. The minimum atomic E-state index is -1.05. The highest BCUT2D eigenvalue weighted by Gasteiger charge is 2.44. The molecule has 0 spiro atoms. The first-order chi connectivity index (χ1) is 15.3. The summed E-state index contributed by atoms with van der Waals surface area (Å²) in [4.78, 5) is 67.3. The first kappa shape index (κ1) is 20.0. The van der Waals surface area contributed by atoms with E-state index >= 15 is 0 Å². The highest BCUT2D eigenvalue weighted by atomic mass is 32.1. The van der Waals surface area contributed by atoms with E-state index in [0.29, 0.717) is 5.69 Å². The van der Waals surface area contributed by atoms with Crippen molar-refractivity contribution < 1.29 is 24.0 Å². The molecular formula is C22H16N4O5S. The second-order valence-electron chi connectivity index (χ2n) is 7.58. The summed E-state index contributed by atoms with van der Waals surface area (Å²) in [6.07, 6.45) is 0.113. The lowest BCUT2D eigenvalue weighted by Crippen LogP contribution is -2.54. The van der Waals surface area contributed by atoms with E-state index in [1.165, 1.54) is 18.2 Å². The number of hydrogen-bond acceptors (Lipinski definition) is 7. The number of piperidine rings is 1. The largest absolute Gasteiger partial charge is 0.322 e. The second-order valence-corrected chi connectivity index (χ2v) is 8.81. The molecule has 2 N–H and O–H groups in total. The number of carbonyl (C=O) groups excluding carboxylic acids is 5. The van der Waals surface area contributed by atoms with Crippen LogP contribution in [0.3, 0.4) is 0 Å². The average molecular weight is 448 g/mol. The average Bonchev–Trinajstić information content (AvgIpc) is 3.24. The van der Waals surface area contributed by atoms with Gasteiger partial charge in [0.05, 0.1) is 26.4 Å². The van der Waals surface area contributed by atoms with Crippen molar-refractivity contribution in [2.24, 2.45) is 0 Å². The number of anilines is 1. The van der Waals surface area contributed by atoms with Gasteiger partial charge in [-0.15, -0.1) is 11.3 Å². The third-order valence-corrected chi connectivity index (χ3v) is 6.41. The summed E-state index contributed by atoms with van der Waals surface area (Å²) in [5, 5.41) is 5.85. The molecule has 1 atom stereocenters. The van der Waals surface area contributed by atoms with Gasteiger partial charge in [-0.25, -0.2) is 4.98 Å². The van der Waals surface area contributed by atoms with Crippen molar-refractivity contribution in [2.75, 3.05) is 5.32 Å². The zero-order valence-corrected chi connectivity index (χ0v) is 17.6. The number of hydrogen-bond donors (Lipinski definition) is 2. The monoisotopic (exact) mass is 448 g/mol. The van der Waals surface area contributed by atoms with Gasteiger partial charge in [0.1, 0.15) is 6.04 Å². The van der Waals surface area contributed by atoms with Gasteiger partial charge < -0.3 is 5.32 Å². The van der Waals surface area contributed by atoms with Crippen LogP contribution in [0.5, 0.6) is 0 Å².